The molecule has 0 radical (unpaired) electrons. The number of hydrogen-bond donors (Lipinski definition) is 1. The first kappa shape index (κ1) is 20.6. The second kappa shape index (κ2) is 9.00. The molecule has 2 aliphatic rings. The lowest BCUT2D eigenvalue weighted by Crippen LogP contribution is -2.61. The van der Waals surface area contributed by atoms with Gasteiger partial charge in [0, 0.05) is 25.8 Å². The fourth-order valence-electron chi connectivity index (χ4n) is 5.25. The average molecular weight is 407 g/mol. The van der Waals surface area contributed by atoms with Crippen molar-refractivity contribution in [1.29, 1.82) is 0 Å². The Morgan fingerprint density at radius 1 is 1.10 bits per heavy atom. The van der Waals surface area contributed by atoms with Gasteiger partial charge in [0.25, 0.3) is 5.91 Å². The van der Waals surface area contributed by atoms with Gasteiger partial charge in [-0.05, 0) is 36.5 Å². The molecular formula is C25H30N2O3. The smallest absolute Gasteiger partial charge is 0.254 e. The van der Waals surface area contributed by atoms with Gasteiger partial charge in [-0.1, -0.05) is 61.4 Å². The van der Waals surface area contributed by atoms with E-state index >= 15 is 0 Å². The summed E-state index contributed by atoms with van der Waals surface area (Å²) in [7, 11) is 1.65. The van der Waals surface area contributed by atoms with Gasteiger partial charge in [-0.2, -0.15) is 0 Å². The van der Waals surface area contributed by atoms with Gasteiger partial charge in [-0.15, -0.1) is 0 Å². The number of amides is 2. The molecule has 5 nitrogen and oxygen atoms in total. The van der Waals surface area contributed by atoms with Crippen LogP contribution in [0.3, 0.4) is 0 Å². The van der Waals surface area contributed by atoms with Crippen molar-refractivity contribution in [3.63, 3.8) is 0 Å². The van der Waals surface area contributed by atoms with Crippen molar-refractivity contribution >= 4 is 11.8 Å². The predicted octanol–water partition coefficient (Wildman–Crippen LogP) is 3.54. The molecule has 0 bridgehead atoms. The number of rotatable bonds is 7. The molecule has 1 atom stereocenters. The van der Waals surface area contributed by atoms with Gasteiger partial charge in [-0.25, -0.2) is 0 Å². The molecule has 1 aliphatic heterocycles. The van der Waals surface area contributed by atoms with E-state index in [1.54, 1.807) is 7.11 Å². The van der Waals surface area contributed by atoms with Crippen LogP contribution in [-0.4, -0.2) is 49.1 Å². The van der Waals surface area contributed by atoms with Crippen LogP contribution in [-0.2, 0) is 16.0 Å². The summed E-state index contributed by atoms with van der Waals surface area (Å²) in [5, 5.41) is 3.18. The summed E-state index contributed by atoms with van der Waals surface area (Å²) in [6.45, 7) is 1.57. The quantitative estimate of drug-likeness (QED) is 0.765. The van der Waals surface area contributed by atoms with E-state index < -0.39 is 5.54 Å². The number of nitrogens with zero attached hydrogens (tertiary/aromatic N) is 1. The van der Waals surface area contributed by atoms with Crippen LogP contribution in [0.1, 0.15) is 53.1 Å². The maximum Gasteiger partial charge on any atom is 0.254 e. The zero-order valence-corrected chi connectivity index (χ0v) is 17.6. The normalized spacial score (nSPS) is 19.7. The molecule has 1 heterocycles. The second-order valence-corrected chi connectivity index (χ2v) is 8.31. The molecule has 0 aromatic heterocycles. The molecule has 0 unspecified atom stereocenters. The van der Waals surface area contributed by atoms with Crippen molar-refractivity contribution in [2.24, 2.45) is 0 Å². The van der Waals surface area contributed by atoms with E-state index in [1.165, 1.54) is 5.56 Å². The summed E-state index contributed by atoms with van der Waals surface area (Å²) in [4.78, 5) is 28.9. The molecule has 1 fully saturated rings. The van der Waals surface area contributed by atoms with Crippen molar-refractivity contribution in [1.82, 2.24) is 10.2 Å². The maximum atomic E-state index is 13.6. The molecule has 4 rings (SSSR count). The minimum Gasteiger partial charge on any atom is -0.383 e. The predicted molar refractivity (Wildman–Crippen MR) is 116 cm³/mol. The molecule has 2 amide bonds. The third-order valence-corrected chi connectivity index (χ3v) is 6.63. The standard InChI is InChI=1S/C25H30N2O3/c1-30-18-17-27-24(29)21-12-6-5-11-20(21)22(25(27)14-7-8-15-25)23(28)26-16-13-19-9-3-2-4-10-19/h2-6,9-12,22H,7-8,13-18H2,1H3,(H,26,28)/t22-/m0/s1. The SMILES string of the molecule is COCCN1C(=O)c2ccccc2[C@@H](C(=O)NCCc2ccccc2)C12CCCC2. The Bertz CT molecular complexity index is 890. The molecule has 1 aliphatic carbocycles. The van der Waals surface area contributed by atoms with Gasteiger partial charge in [0.2, 0.25) is 5.91 Å². The van der Waals surface area contributed by atoms with Gasteiger partial charge >= 0.3 is 0 Å². The van der Waals surface area contributed by atoms with Crippen molar-refractivity contribution in [2.75, 3.05) is 26.8 Å². The van der Waals surface area contributed by atoms with E-state index in [1.807, 2.05) is 47.4 Å². The Balaban J connectivity index is 1.63. The Hall–Kier alpha value is -2.66. The highest BCUT2D eigenvalue weighted by atomic mass is 16.5. The number of hydrogen-bond acceptors (Lipinski definition) is 3. The zero-order valence-electron chi connectivity index (χ0n) is 17.6. The van der Waals surface area contributed by atoms with E-state index in [4.69, 9.17) is 4.74 Å². The highest BCUT2D eigenvalue weighted by molar-refractivity contribution is 6.02. The fraction of sp³-hybridized carbons (Fsp3) is 0.440. The van der Waals surface area contributed by atoms with Crippen molar-refractivity contribution < 1.29 is 14.3 Å². The van der Waals surface area contributed by atoms with Crippen LogP contribution in [0.5, 0.6) is 0 Å². The van der Waals surface area contributed by atoms with Gasteiger partial charge in [0.1, 0.15) is 0 Å². The summed E-state index contributed by atoms with van der Waals surface area (Å²) in [6, 6.07) is 17.8. The molecule has 30 heavy (non-hydrogen) atoms. The lowest BCUT2D eigenvalue weighted by Gasteiger charge is -2.50. The van der Waals surface area contributed by atoms with Crippen LogP contribution in [0.2, 0.25) is 0 Å². The highest BCUT2D eigenvalue weighted by Crippen LogP contribution is 2.50. The number of nitrogens with one attached hydrogen (secondary N) is 1. The third-order valence-electron chi connectivity index (χ3n) is 6.63. The molecule has 2 aromatic carbocycles. The number of carbonyl (C=O) groups excluding carboxylic acids is 2. The van der Waals surface area contributed by atoms with Crippen LogP contribution in [0.25, 0.3) is 0 Å². The second-order valence-electron chi connectivity index (χ2n) is 8.31. The topological polar surface area (TPSA) is 58.6 Å². The summed E-state index contributed by atoms with van der Waals surface area (Å²) in [6.07, 6.45) is 4.57. The largest absolute Gasteiger partial charge is 0.383 e. The molecule has 0 saturated heterocycles. The van der Waals surface area contributed by atoms with Gasteiger partial charge in [0.05, 0.1) is 18.1 Å². The first-order valence-corrected chi connectivity index (χ1v) is 10.9. The van der Waals surface area contributed by atoms with E-state index in [9.17, 15) is 9.59 Å². The van der Waals surface area contributed by atoms with Gasteiger partial charge in [-0.3, -0.25) is 9.59 Å². The van der Waals surface area contributed by atoms with Crippen LogP contribution in [0.4, 0.5) is 0 Å². The number of ether oxygens (including phenoxy) is 1. The minimum absolute atomic E-state index is 0.0233. The number of fused-ring (bicyclic) bond motifs is 1. The van der Waals surface area contributed by atoms with Crippen molar-refractivity contribution in [2.45, 2.75) is 43.6 Å². The monoisotopic (exact) mass is 406 g/mol. The van der Waals surface area contributed by atoms with E-state index in [-0.39, 0.29) is 17.7 Å². The Labute approximate surface area is 178 Å². The Morgan fingerprint density at radius 2 is 1.80 bits per heavy atom. The fourth-order valence-corrected chi connectivity index (χ4v) is 5.25. The molecule has 1 saturated carbocycles. The summed E-state index contributed by atoms with van der Waals surface area (Å²) < 4.78 is 5.30. The van der Waals surface area contributed by atoms with Crippen molar-refractivity contribution in [3.8, 4) is 0 Å². The Kier molecular flexibility index (Phi) is 6.18. The zero-order chi connectivity index (χ0) is 21.0. The maximum absolute atomic E-state index is 13.6. The average Bonchev–Trinajstić information content (AvgIpc) is 3.24. The molecule has 5 heteroatoms. The molecule has 1 N–H and O–H groups in total. The summed E-state index contributed by atoms with van der Waals surface area (Å²) in [5.41, 5.74) is 2.26. The van der Waals surface area contributed by atoms with Gasteiger partial charge in [0.15, 0.2) is 0 Å². The summed E-state index contributed by atoms with van der Waals surface area (Å²) >= 11 is 0. The molecule has 2 aromatic rings. The first-order valence-electron chi connectivity index (χ1n) is 10.9. The van der Waals surface area contributed by atoms with Gasteiger partial charge < -0.3 is 15.0 Å². The van der Waals surface area contributed by atoms with Crippen LogP contribution >= 0.6 is 0 Å². The van der Waals surface area contributed by atoms with Crippen LogP contribution in [0, 0.1) is 0 Å². The number of carbonyl (C=O) groups is 2. The van der Waals surface area contributed by atoms with E-state index in [2.05, 4.69) is 17.4 Å². The summed E-state index contributed by atoms with van der Waals surface area (Å²) in [5.74, 6) is -0.297. The third kappa shape index (κ3) is 3.74. The van der Waals surface area contributed by atoms with E-state index in [0.29, 0.717) is 25.3 Å². The lowest BCUT2D eigenvalue weighted by atomic mass is 9.71. The lowest BCUT2D eigenvalue weighted by molar-refractivity contribution is -0.126. The highest BCUT2D eigenvalue weighted by Gasteiger charge is 2.55. The van der Waals surface area contributed by atoms with Crippen LogP contribution in [0.15, 0.2) is 54.6 Å². The first-order chi connectivity index (χ1) is 14.7. The molecule has 1 spiro atoms. The van der Waals surface area contributed by atoms with Crippen molar-refractivity contribution in [3.05, 3.63) is 71.3 Å². The van der Waals surface area contributed by atoms with E-state index in [0.717, 1.165) is 37.7 Å². The van der Waals surface area contributed by atoms with Crippen LogP contribution < -0.4 is 5.32 Å². The Morgan fingerprint density at radius 3 is 2.53 bits per heavy atom. The number of methoxy groups -OCH3 is 1. The molecular weight excluding hydrogens is 376 g/mol. The number of benzene rings is 2. The molecule has 158 valence electrons. The minimum atomic E-state index is -0.458.